The van der Waals surface area contributed by atoms with Crippen molar-refractivity contribution in [1.82, 2.24) is 4.90 Å². The fraction of sp³-hybridized carbons (Fsp3) is 0.273. The third-order valence-electron chi connectivity index (χ3n) is 4.68. The number of para-hydroxylation sites is 2. The van der Waals surface area contributed by atoms with Crippen molar-refractivity contribution in [2.75, 3.05) is 32.7 Å². The predicted octanol–water partition coefficient (Wildman–Crippen LogP) is 3.23. The van der Waals surface area contributed by atoms with Gasteiger partial charge in [-0.1, -0.05) is 36.4 Å². The van der Waals surface area contributed by atoms with E-state index in [-0.39, 0.29) is 17.5 Å². The molecule has 1 heterocycles. The topological polar surface area (TPSA) is 67.9 Å². The highest BCUT2D eigenvalue weighted by Gasteiger charge is 2.40. The minimum absolute atomic E-state index is 0.265. The molecular formula is C22H24N2O4. The molecule has 0 aliphatic carbocycles. The van der Waals surface area contributed by atoms with Crippen LogP contribution in [0, 0.1) is 6.92 Å². The molecule has 0 saturated heterocycles. The number of carbonyl (C=O) groups is 2. The normalized spacial score (nSPS) is 14.0. The highest BCUT2D eigenvalue weighted by atomic mass is 16.5. The Bertz CT molecular complexity index is 920. The van der Waals surface area contributed by atoms with Crippen molar-refractivity contribution in [3.63, 3.8) is 0 Å². The van der Waals surface area contributed by atoms with Gasteiger partial charge in [0.25, 0.3) is 11.8 Å². The Morgan fingerprint density at radius 2 is 1.68 bits per heavy atom. The van der Waals surface area contributed by atoms with Crippen molar-refractivity contribution in [2.24, 2.45) is 0 Å². The first-order valence-corrected chi connectivity index (χ1v) is 9.14. The fourth-order valence-electron chi connectivity index (χ4n) is 3.21. The lowest BCUT2D eigenvalue weighted by Gasteiger charge is -2.15. The summed E-state index contributed by atoms with van der Waals surface area (Å²) in [6.07, 6.45) is 0.574. The van der Waals surface area contributed by atoms with Crippen molar-refractivity contribution in [1.29, 1.82) is 0 Å². The first kappa shape index (κ1) is 19.6. The van der Waals surface area contributed by atoms with E-state index in [1.165, 1.54) is 4.90 Å². The van der Waals surface area contributed by atoms with E-state index in [0.717, 1.165) is 11.3 Å². The van der Waals surface area contributed by atoms with Gasteiger partial charge in [0.05, 0.1) is 12.7 Å². The number of rotatable bonds is 8. The molecule has 1 N–H and O–H groups in total. The summed E-state index contributed by atoms with van der Waals surface area (Å²) < 4.78 is 10.5. The second-order valence-corrected chi connectivity index (χ2v) is 6.50. The second-order valence-electron chi connectivity index (χ2n) is 6.50. The van der Waals surface area contributed by atoms with Gasteiger partial charge in [0, 0.05) is 31.5 Å². The van der Waals surface area contributed by atoms with Crippen LogP contribution in [0.25, 0.3) is 5.57 Å². The molecule has 0 saturated carbocycles. The number of ether oxygens (including phenoxy) is 2. The molecule has 3 rings (SSSR count). The van der Waals surface area contributed by atoms with Crippen LogP contribution in [0.5, 0.6) is 5.75 Å². The number of nitrogens with zero attached hydrogens (tertiary/aromatic N) is 1. The highest BCUT2D eigenvalue weighted by molar-refractivity contribution is 6.37. The van der Waals surface area contributed by atoms with Gasteiger partial charge in [0.1, 0.15) is 11.4 Å². The molecule has 0 radical (unpaired) electrons. The number of nitrogens with one attached hydrogen (secondary N) is 1. The number of benzene rings is 2. The molecule has 2 aromatic rings. The van der Waals surface area contributed by atoms with Gasteiger partial charge in [0.2, 0.25) is 0 Å². The zero-order valence-corrected chi connectivity index (χ0v) is 16.3. The lowest BCUT2D eigenvalue weighted by molar-refractivity contribution is -0.137. The Morgan fingerprint density at radius 3 is 2.39 bits per heavy atom. The van der Waals surface area contributed by atoms with Crippen LogP contribution in [0.2, 0.25) is 0 Å². The van der Waals surface area contributed by atoms with Crippen LogP contribution < -0.4 is 10.1 Å². The van der Waals surface area contributed by atoms with E-state index in [1.807, 2.05) is 43.3 Å². The summed E-state index contributed by atoms with van der Waals surface area (Å²) in [4.78, 5) is 27.6. The van der Waals surface area contributed by atoms with Gasteiger partial charge in [0.15, 0.2) is 0 Å². The molecule has 0 unspecified atom stereocenters. The Labute approximate surface area is 164 Å². The Morgan fingerprint density at radius 1 is 0.964 bits per heavy atom. The smallest absolute Gasteiger partial charge is 0.278 e. The summed E-state index contributed by atoms with van der Waals surface area (Å²) in [5, 5.41) is 3.19. The van der Waals surface area contributed by atoms with E-state index in [2.05, 4.69) is 5.32 Å². The van der Waals surface area contributed by atoms with Gasteiger partial charge in [-0.3, -0.25) is 14.5 Å². The molecule has 6 heteroatoms. The third kappa shape index (κ3) is 3.77. The molecule has 0 spiro atoms. The molecule has 0 fully saturated rings. The number of aryl methyl sites for hydroxylation is 1. The van der Waals surface area contributed by atoms with E-state index >= 15 is 0 Å². The molecular weight excluding hydrogens is 356 g/mol. The lowest BCUT2D eigenvalue weighted by Crippen LogP contribution is -2.34. The highest BCUT2D eigenvalue weighted by Crippen LogP contribution is 2.35. The summed E-state index contributed by atoms with van der Waals surface area (Å²) in [6, 6.07) is 14.9. The number of methoxy groups -OCH3 is 2. The number of hydrogen-bond donors (Lipinski definition) is 1. The van der Waals surface area contributed by atoms with Crippen molar-refractivity contribution >= 4 is 23.1 Å². The summed E-state index contributed by atoms with van der Waals surface area (Å²) in [6.45, 7) is 2.72. The number of amides is 2. The average Bonchev–Trinajstić information content (AvgIpc) is 2.94. The minimum atomic E-state index is -0.342. The summed E-state index contributed by atoms with van der Waals surface area (Å²) in [5.41, 5.74) is 2.94. The SMILES string of the molecule is COCCCN1C(=O)C(Nc2ccccc2C)=C(c2ccccc2OC)C1=O. The lowest BCUT2D eigenvalue weighted by atomic mass is 10.0. The minimum Gasteiger partial charge on any atom is -0.496 e. The third-order valence-corrected chi connectivity index (χ3v) is 4.68. The van der Waals surface area contributed by atoms with Crippen LogP contribution in [0.4, 0.5) is 5.69 Å². The van der Waals surface area contributed by atoms with Crippen molar-refractivity contribution in [3.8, 4) is 5.75 Å². The van der Waals surface area contributed by atoms with E-state index < -0.39 is 0 Å². The van der Waals surface area contributed by atoms with E-state index in [4.69, 9.17) is 9.47 Å². The van der Waals surface area contributed by atoms with Gasteiger partial charge in [-0.05, 0) is 31.0 Å². The molecule has 28 heavy (non-hydrogen) atoms. The molecule has 146 valence electrons. The van der Waals surface area contributed by atoms with E-state index in [1.54, 1.807) is 26.4 Å². The Balaban J connectivity index is 2.06. The van der Waals surface area contributed by atoms with Crippen LogP contribution in [0.15, 0.2) is 54.2 Å². The van der Waals surface area contributed by atoms with Crippen LogP contribution in [-0.2, 0) is 14.3 Å². The summed E-state index contributed by atoms with van der Waals surface area (Å²) >= 11 is 0. The summed E-state index contributed by atoms with van der Waals surface area (Å²) in [7, 11) is 3.14. The molecule has 1 aliphatic rings. The first-order chi connectivity index (χ1) is 13.6. The average molecular weight is 380 g/mol. The molecule has 0 aromatic heterocycles. The van der Waals surface area contributed by atoms with Crippen LogP contribution >= 0.6 is 0 Å². The fourth-order valence-corrected chi connectivity index (χ4v) is 3.21. The standard InChI is InChI=1S/C22H24N2O4/c1-15-9-4-6-11-17(15)23-20-19(16-10-5-7-12-18(16)28-3)21(25)24(22(20)26)13-8-14-27-2/h4-7,9-12,23H,8,13-14H2,1-3H3. The zero-order chi connectivity index (χ0) is 20.1. The second kappa shape index (κ2) is 8.71. The summed E-state index contributed by atoms with van der Waals surface area (Å²) in [5.74, 6) is -0.131. The Hall–Kier alpha value is -3.12. The first-order valence-electron chi connectivity index (χ1n) is 9.14. The van der Waals surface area contributed by atoms with Crippen LogP contribution in [0.1, 0.15) is 17.5 Å². The van der Waals surface area contributed by atoms with Gasteiger partial charge in [-0.25, -0.2) is 0 Å². The maximum absolute atomic E-state index is 13.2. The number of anilines is 1. The largest absolute Gasteiger partial charge is 0.496 e. The van der Waals surface area contributed by atoms with Gasteiger partial charge >= 0.3 is 0 Å². The van der Waals surface area contributed by atoms with E-state index in [0.29, 0.717) is 36.5 Å². The number of carbonyl (C=O) groups excluding carboxylic acids is 2. The maximum Gasteiger partial charge on any atom is 0.278 e. The van der Waals surface area contributed by atoms with Crippen molar-refractivity contribution < 1.29 is 19.1 Å². The quantitative estimate of drug-likeness (QED) is 0.563. The molecule has 0 bridgehead atoms. The van der Waals surface area contributed by atoms with Gasteiger partial charge in [-0.15, -0.1) is 0 Å². The molecule has 1 aliphatic heterocycles. The predicted molar refractivity (Wildman–Crippen MR) is 108 cm³/mol. The van der Waals surface area contributed by atoms with Gasteiger partial charge in [-0.2, -0.15) is 0 Å². The monoisotopic (exact) mass is 380 g/mol. The number of imide groups is 1. The van der Waals surface area contributed by atoms with Crippen molar-refractivity contribution in [2.45, 2.75) is 13.3 Å². The number of hydrogen-bond acceptors (Lipinski definition) is 5. The zero-order valence-electron chi connectivity index (χ0n) is 16.3. The molecule has 6 nitrogen and oxygen atoms in total. The molecule has 0 atom stereocenters. The van der Waals surface area contributed by atoms with Gasteiger partial charge < -0.3 is 14.8 Å². The molecule has 2 aromatic carbocycles. The molecule has 2 amide bonds. The van der Waals surface area contributed by atoms with Crippen LogP contribution in [0.3, 0.4) is 0 Å². The maximum atomic E-state index is 13.2. The van der Waals surface area contributed by atoms with Crippen LogP contribution in [-0.4, -0.2) is 44.1 Å². The Kier molecular flexibility index (Phi) is 6.11. The van der Waals surface area contributed by atoms with Crippen molar-refractivity contribution in [3.05, 3.63) is 65.4 Å². The van der Waals surface area contributed by atoms with E-state index in [9.17, 15) is 9.59 Å².